The molecule has 27 heavy (non-hydrogen) atoms. The maximum absolute atomic E-state index is 12.5. The molecule has 0 amide bonds. The Hall–Kier alpha value is -2.41. The SMILES string of the molecule is CC1C(Cc2cccc(OC(F)(F)F)c2)c2ccc(Cl)cc2N1CC(=O)O. The molecule has 2 atom stereocenters. The van der Waals surface area contributed by atoms with Gasteiger partial charge in [0.15, 0.2) is 0 Å². The van der Waals surface area contributed by atoms with Crippen LogP contribution in [-0.2, 0) is 11.2 Å². The minimum atomic E-state index is -4.75. The van der Waals surface area contributed by atoms with Crippen molar-refractivity contribution in [1.29, 1.82) is 0 Å². The van der Waals surface area contributed by atoms with Gasteiger partial charge in [-0.25, -0.2) is 0 Å². The first kappa shape index (κ1) is 19.4. The van der Waals surface area contributed by atoms with E-state index in [1.54, 1.807) is 23.1 Å². The fraction of sp³-hybridized carbons (Fsp3) is 0.316. The molecule has 0 bridgehead atoms. The summed E-state index contributed by atoms with van der Waals surface area (Å²) in [5.41, 5.74) is 2.34. The zero-order valence-corrected chi connectivity index (χ0v) is 15.1. The topological polar surface area (TPSA) is 49.8 Å². The van der Waals surface area contributed by atoms with Crippen LogP contribution in [0.5, 0.6) is 5.75 Å². The van der Waals surface area contributed by atoms with Crippen molar-refractivity contribution in [2.75, 3.05) is 11.4 Å². The smallest absolute Gasteiger partial charge is 0.480 e. The van der Waals surface area contributed by atoms with Crippen LogP contribution in [0.3, 0.4) is 0 Å². The molecular formula is C19H17ClF3NO3. The van der Waals surface area contributed by atoms with E-state index in [1.807, 2.05) is 13.0 Å². The first-order chi connectivity index (χ1) is 12.6. The Bertz CT molecular complexity index is 856. The molecule has 1 heterocycles. The first-order valence-corrected chi connectivity index (χ1v) is 8.64. The van der Waals surface area contributed by atoms with E-state index >= 15 is 0 Å². The second-order valence-electron chi connectivity index (χ2n) is 6.47. The Balaban J connectivity index is 1.89. The molecule has 1 aliphatic heterocycles. The first-order valence-electron chi connectivity index (χ1n) is 8.26. The minimum absolute atomic E-state index is 0.0854. The normalized spacial score (nSPS) is 19.1. The van der Waals surface area contributed by atoms with Crippen molar-refractivity contribution in [2.45, 2.75) is 31.7 Å². The summed E-state index contributed by atoms with van der Waals surface area (Å²) in [6, 6.07) is 11.0. The van der Waals surface area contributed by atoms with Crippen LogP contribution in [0.25, 0.3) is 0 Å². The highest BCUT2D eigenvalue weighted by Crippen LogP contribution is 2.43. The van der Waals surface area contributed by atoms with Crippen LogP contribution >= 0.6 is 11.6 Å². The number of nitrogens with zero attached hydrogens (tertiary/aromatic N) is 1. The highest BCUT2D eigenvalue weighted by molar-refractivity contribution is 6.30. The molecule has 2 aromatic carbocycles. The second kappa shape index (κ2) is 7.31. The second-order valence-corrected chi connectivity index (χ2v) is 6.91. The molecule has 0 saturated heterocycles. The summed E-state index contributed by atoms with van der Waals surface area (Å²) in [6.07, 6.45) is -4.30. The highest BCUT2D eigenvalue weighted by atomic mass is 35.5. The van der Waals surface area contributed by atoms with Gasteiger partial charge in [-0.1, -0.05) is 29.8 Å². The molecule has 0 aliphatic carbocycles. The summed E-state index contributed by atoms with van der Waals surface area (Å²) in [7, 11) is 0. The minimum Gasteiger partial charge on any atom is -0.480 e. The lowest BCUT2D eigenvalue weighted by Crippen LogP contribution is -2.36. The summed E-state index contributed by atoms with van der Waals surface area (Å²) >= 11 is 6.07. The lowest BCUT2D eigenvalue weighted by atomic mass is 9.89. The third-order valence-corrected chi connectivity index (χ3v) is 4.90. The van der Waals surface area contributed by atoms with Gasteiger partial charge in [-0.15, -0.1) is 13.2 Å². The molecule has 0 radical (unpaired) electrons. The van der Waals surface area contributed by atoms with Gasteiger partial charge in [0, 0.05) is 22.7 Å². The number of halogens is 4. The van der Waals surface area contributed by atoms with Gasteiger partial charge < -0.3 is 14.7 Å². The van der Waals surface area contributed by atoms with E-state index in [9.17, 15) is 23.1 Å². The fourth-order valence-corrected chi connectivity index (χ4v) is 3.72. The lowest BCUT2D eigenvalue weighted by Gasteiger charge is -2.26. The average molecular weight is 400 g/mol. The van der Waals surface area contributed by atoms with Gasteiger partial charge in [0.2, 0.25) is 0 Å². The molecule has 0 spiro atoms. The number of anilines is 1. The molecule has 0 aromatic heterocycles. The number of hydrogen-bond acceptors (Lipinski definition) is 3. The Kier molecular flexibility index (Phi) is 5.24. The standard InChI is InChI=1S/C19H17ClF3NO3/c1-11-16(8-12-3-2-4-14(7-12)27-19(21,22)23)15-6-5-13(20)9-17(15)24(11)10-18(25)26/h2-7,9,11,16H,8,10H2,1H3,(H,25,26). The Morgan fingerprint density at radius 2 is 2.00 bits per heavy atom. The van der Waals surface area contributed by atoms with E-state index < -0.39 is 12.3 Å². The van der Waals surface area contributed by atoms with Gasteiger partial charge in [-0.3, -0.25) is 4.79 Å². The van der Waals surface area contributed by atoms with Crippen molar-refractivity contribution in [3.05, 3.63) is 58.6 Å². The summed E-state index contributed by atoms with van der Waals surface area (Å²) in [4.78, 5) is 13.0. The van der Waals surface area contributed by atoms with E-state index in [0.29, 0.717) is 17.0 Å². The summed E-state index contributed by atoms with van der Waals surface area (Å²) in [5.74, 6) is -1.32. The van der Waals surface area contributed by atoms with Crippen molar-refractivity contribution in [2.24, 2.45) is 0 Å². The van der Waals surface area contributed by atoms with Crippen LogP contribution in [0, 0.1) is 0 Å². The van der Waals surface area contributed by atoms with E-state index in [4.69, 9.17) is 11.6 Å². The third-order valence-electron chi connectivity index (χ3n) is 4.67. The number of carboxylic acid groups (broad SMARTS) is 1. The predicted molar refractivity (Wildman–Crippen MR) is 95.5 cm³/mol. The molecule has 3 rings (SSSR count). The van der Waals surface area contributed by atoms with Gasteiger partial charge in [0.1, 0.15) is 12.3 Å². The zero-order chi connectivity index (χ0) is 19.8. The molecule has 0 fully saturated rings. The molecular weight excluding hydrogens is 383 g/mol. The Labute approximate surface area is 159 Å². The molecule has 144 valence electrons. The number of aliphatic carboxylic acids is 1. The maximum atomic E-state index is 12.5. The fourth-order valence-electron chi connectivity index (χ4n) is 3.55. The van der Waals surface area contributed by atoms with Gasteiger partial charge in [0.25, 0.3) is 0 Å². The van der Waals surface area contributed by atoms with Crippen molar-refractivity contribution in [1.82, 2.24) is 0 Å². The number of fused-ring (bicyclic) bond motifs is 1. The van der Waals surface area contributed by atoms with E-state index in [-0.39, 0.29) is 24.3 Å². The molecule has 2 aromatic rings. The third kappa shape index (κ3) is 4.47. The molecule has 0 saturated carbocycles. The lowest BCUT2D eigenvalue weighted by molar-refractivity contribution is -0.274. The van der Waals surface area contributed by atoms with Gasteiger partial charge in [-0.2, -0.15) is 0 Å². The van der Waals surface area contributed by atoms with Gasteiger partial charge >= 0.3 is 12.3 Å². The molecule has 8 heteroatoms. The Morgan fingerprint density at radius 1 is 1.26 bits per heavy atom. The summed E-state index contributed by atoms with van der Waals surface area (Å²) in [5, 5.41) is 9.71. The maximum Gasteiger partial charge on any atom is 0.573 e. The summed E-state index contributed by atoms with van der Waals surface area (Å²) < 4.78 is 41.3. The van der Waals surface area contributed by atoms with Crippen molar-refractivity contribution in [3.8, 4) is 5.75 Å². The van der Waals surface area contributed by atoms with E-state index in [1.165, 1.54) is 18.2 Å². The molecule has 4 nitrogen and oxygen atoms in total. The van der Waals surface area contributed by atoms with Crippen molar-refractivity contribution < 1.29 is 27.8 Å². The van der Waals surface area contributed by atoms with Crippen LogP contribution in [0.2, 0.25) is 5.02 Å². The molecule has 2 unspecified atom stereocenters. The van der Waals surface area contributed by atoms with Gasteiger partial charge in [-0.05, 0) is 48.7 Å². The quantitative estimate of drug-likeness (QED) is 0.780. The number of rotatable bonds is 5. The Morgan fingerprint density at radius 3 is 2.67 bits per heavy atom. The van der Waals surface area contributed by atoms with E-state index in [0.717, 1.165) is 11.3 Å². The number of carboxylic acids is 1. The average Bonchev–Trinajstić information content (AvgIpc) is 2.78. The largest absolute Gasteiger partial charge is 0.573 e. The van der Waals surface area contributed by atoms with E-state index in [2.05, 4.69) is 4.74 Å². The van der Waals surface area contributed by atoms with Crippen LogP contribution < -0.4 is 9.64 Å². The molecule has 1 aliphatic rings. The number of alkyl halides is 3. The van der Waals surface area contributed by atoms with Crippen LogP contribution in [0.1, 0.15) is 24.0 Å². The monoisotopic (exact) mass is 399 g/mol. The van der Waals surface area contributed by atoms with Crippen molar-refractivity contribution in [3.63, 3.8) is 0 Å². The number of hydrogen-bond donors (Lipinski definition) is 1. The van der Waals surface area contributed by atoms with Crippen LogP contribution in [-0.4, -0.2) is 30.0 Å². The summed E-state index contributed by atoms with van der Waals surface area (Å²) in [6.45, 7) is 1.72. The van der Waals surface area contributed by atoms with Crippen molar-refractivity contribution >= 4 is 23.3 Å². The number of ether oxygens (including phenoxy) is 1. The number of carbonyl (C=O) groups is 1. The van der Waals surface area contributed by atoms with Gasteiger partial charge in [0.05, 0.1) is 0 Å². The highest BCUT2D eigenvalue weighted by Gasteiger charge is 2.37. The predicted octanol–water partition coefficient (Wildman–Crippen LogP) is 4.86. The molecule has 1 N–H and O–H groups in total. The van der Waals surface area contributed by atoms with Crippen LogP contribution in [0.4, 0.5) is 18.9 Å². The number of benzene rings is 2. The van der Waals surface area contributed by atoms with Crippen LogP contribution in [0.15, 0.2) is 42.5 Å². The zero-order valence-electron chi connectivity index (χ0n) is 14.3.